The number of hydrogen-bond acceptors (Lipinski definition) is 3. The van der Waals surface area contributed by atoms with Crippen molar-refractivity contribution in [1.29, 1.82) is 0 Å². The molecule has 2 aromatic rings. The van der Waals surface area contributed by atoms with Gasteiger partial charge in [-0.05, 0) is 11.6 Å². The predicted molar refractivity (Wildman–Crippen MR) is 67.6 cm³/mol. The smallest absolute Gasteiger partial charge is 0.102 e. The predicted octanol–water partition coefficient (Wildman–Crippen LogP) is 2.43. The Labute approximate surface area is 104 Å². The Morgan fingerprint density at radius 2 is 2.17 bits per heavy atom. The van der Waals surface area contributed by atoms with Gasteiger partial charge in [-0.25, -0.2) is 0 Å². The maximum Gasteiger partial charge on any atom is 0.102 e. The summed E-state index contributed by atoms with van der Waals surface area (Å²) in [5.74, 6) is 0. The van der Waals surface area contributed by atoms with Gasteiger partial charge < -0.3 is 5.11 Å². The minimum Gasteiger partial charge on any atom is -0.396 e. The van der Waals surface area contributed by atoms with Crippen molar-refractivity contribution in [2.45, 2.75) is 6.04 Å². The number of aliphatic hydroxyl groups excluding tert-OH is 1. The lowest BCUT2D eigenvalue weighted by molar-refractivity contribution is 0.263. The first-order chi connectivity index (χ1) is 8.76. The van der Waals surface area contributed by atoms with Crippen LogP contribution in [0.1, 0.15) is 11.7 Å². The van der Waals surface area contributed by atoms with Crippen LogP contribution in [0, 0.1) is 0 Å². The molecule has 0 spiro atoms. The van der Waals surface area contributed by atoms with Crippen LogP contribution >= 0.6 is 0 Å². The lowest BCUT2D eigenvalue weighted by Gasteiger charge is -2.06. The van der Waals surface area contributed by atoms with Crippen LogP contribution in [-0.2, 0) is 7.05 Å². The summed E-state index contributed by atoms with van der Waals surface area (Å²) in [6.45, 7) is -0.238. The number of benzene rings is 1. The van der Waals surface area contributed by atoms with Crippen LogP contribution < -0.4 is 0 Å². The van der Waals surface area contributed by atoms with Crippen LogP contribution in [-0.4, -0.2) is 21.5 Å². The van der Waals surface area contributed by atoms with Crippen molar-refractivity contribution in [1.82, 2.24) is 9.78 Å². The second-order valence-electron chi connectivity index (χ2n) is 3.85. The van der Waals surface area contributed by atoms with Gasteiger partial charge in [0.2, 0.25) is 0 Å². The highest BCUT2D eigenvalue weighted by Gasteiger charge is 2.15. The summed E-state index contributed by atoms with van der Waals surface area (Å²) < 4.78 is 1.62. The van der Waals surface area contributed by atoms with Crippen LogP contribution in [0.5, 0.6) is 0 Å². The van der Waals surface area contributed by atoms with Crippen molar-refractivity contribution < 1.29 is 5.11 Å². The van der Waals surface area contributed by atoms with Gasteiger partial charge in [0, 0.05) is 23.2 Å². The Balaban J connectivity index is 2.41. The number of nitrogens with zero attached hydrogens (tertiary/aromatic N) is 5. The monoisotopic (exact) mass is 243 g/mol. The van der Waals surface area contributed by atoms with Gasteiger partial charge >= 0.3 is 0 Å². The summed E-state index contributed by atoms with van der Waals surface area (Å²) in [5, 5.41) is 17.1. The van der Waals surface area contributed by atoms with Gasteiger partial charge in [0.25, 0.3) is 0 Å². The van der Waals surface area contributed by atoms with Crippen molar-refractivity contribution >= 4 is 0 Å². The summed E-state index contributed by atoms with van der Waals surface area (Å²) >= 11 is 0. The van der Waals surface area contributed by atoms with E-state index in [1.54, 1.807) is 11.7 Å². The molecule has 18 heavy (non-hydrogen) atoms. The van der Waals surface area contributed by atoms with Crippen molar-refractivity contribution in [3.05, 3.63) is 52.5 Å². The van der Waals surface area contributed by atoms with Crippen LogP contribution in [0.3, 0.4) is 0 Å². The number of aryl methyl sites for hydroxylation is 1. The highest BCUT2D eigenvalue weighted by molar-refractivity contribution is 5.59. The fraction of sp³-hybridized carbons (Fsp3) is 0.250. The third kappa shape index (κ3) is 2.34. The molecule has 0 aliphatic carbocycles. The Morgan fingerprint density at radius 3 is 2.78 bits per heavy atom. The van der Waals surface area contributed by atoms with E-state index in [4.69, 9.17) is 5.53 Å². The molecule has 0 radical (unpaired) electrons. The number of aromatic nitrogens is 2. The molecule has 1 N–H and O–H groups in total. The molecule has 0 amide bonds. The largest absolute Gasteiger partial charge is 0.396 e. The van der Waals surface area contributed by atoms with E-state index in [0.29, 0.717) is 5.69 Å². The third-order valence-corrected chi connectivity index (χ3v) is 2.69. The first-order valence-corrected chi connectivity index (χ1v) is 5.50. The van der Waals surface area contributed by atoms with Crippen LogP contribution in [0.15, 0.2) is 41.5 Å². The normalized spacial score (nSPS) is 11.9. The van der Waals surface area contributed by atoms with E-state index in [0.717, 1.165) is 11.3 Å². The summed E-state index contributed by atoms with van der Waals surface area (Å²) in [5.41, 5.74) is 10.9. The summed E-state index contributed by atoms with van der Waals surface area (Å²) in [6, 6.07) is 10.9. The van der Waals surface area contributed by atoms with Gasteiger partial charge in [-0.3, -0.25) is 4.68 Å². The maximum atomic E-state index is 9.21. The number of azide groups is 1. The van der Waals surface area contributed by atoms with Crippen molar-refractivity contribution in [3.8, 4) is 11.3 Å². The van der Waals surface area contributed by atoms with Crippen molar-refractivity contribution in [3.63, 3.8) is 0 Å². The lowest BCUT2D eigenvalue weighted by Crippen LogP contribution is -2.06. The highest BCUT2D eigenvalue weighted by atomic mass is 16.3. The first-order valence-electron chi connectivity index (χ1n) is 5.50. The van der Waals surface area contributed by atoms with Gasteiger partial charge in [0.15, 0.2) is 0 Å². The highest BCUT2D eigenvalue weighted by Crippen LogP contribution is 2.23. The Kier molecular flexibility index (Phi) is 3.62. The van der Waals surface area contributed by atoms with Crippen molar-refractivity contribution in [2.75, 3.05) is 6.61 Å². The standard InChI is InChI=1S/C12H13N5O/c1-17-12(11(8-18)14-16-13)7-10(15-17)9-5-3-2-4-6-9/h2-7,11,18H,8H2,1H3. The molecule has 1 atom stereocenters. The minimum absolute atomic E-state index is 0.238. The zero-order chi connectivity index (χ0) is 13.0. The minimum atomic E-state index is -0.607. The molecule has 0 saturated heterocycles. The fourth-order valence-corrected chi connectivity index (χ4v) is 1.80. The third-order valence-electron chi connectivity index (χ3n) is 2.69. The number of aliphatic hydroxyl groups is 1. The second-order valence-corrected chi connectivity index (χ2v) is 3.85. The van der Waals surface area contributed by atoms with Gasteiger partial charge in [0.05, 0.1) is 12.3 Å². The zero-order valence-corrected chi connectivity index (χ0v) is 9.93. The molecule has 1 heterocycles. The summed E-state index contributed by atoms with van der Waals surface area (Å²) in [4.78, 5) is 2.73. The van der Waals surface area contributed by atoms with E-state index in [1.165, 1.54) is 0 Å². The molecule has 0 aliphatic rings. The molecule has 0 aliphatic heterocycles. The van der Waals surface area contributed by atoms with E-state index >= 15 is 0 Å². The van der Waals surface area contributed by atoms with E-state index in [2.05, 4.69) is 15.1 Å². The first kappa shape index (κ1) is 12.2. The molecule has 1 aromatic heterocycles. The van der Waals surface area contributed by atoms with Gasteiger partial charge in [-0.1, -0.05) is 35.4 Å². The molecule has 0 saturated carbocycles. The molecular weight excluding hydrogens is 230 g/mol. The molecule has 6 heteroatoms. The molecule has 2 rings (SSSR count). The Hall–Kier alpha value is -2.30. The molecular formula is C12H13N5O. The topological polar surface area (TPSA) is 86.8 Å². The molecule has 6 nitrogen and oxygen atoms in total. The number of hydrogen-bond donors (Lipinski definition) is 1. The van der Waals surface area contributed by atoms with Crippen LogP contribution in [0.2, 0.25) is 0 Å². The van der Waals surface area contributed by atoms with Gasteiger partial charge in [-0.15, -0.1) is 0 Å². The molecule has 1 unspecified atom stereocenters. The SMILES string of the molecule is Cn1nc(-c2ccccc2)cc1C(CO)N=[N+]=[N-]. The van der Waals surface area contributed by atoms with E-state index in [-0.39, 0.29) is 6.61 Å². The molecule has 1 aromatic carbocycles. The maximum absolute atomic E-state index is 9.21. The van der Waals surface area contributed by atoms with Gasteiger partial charge in [-0.2, -0.15) is 5.10 Å². The molecule has 0 bridgehead atoms. The lowest BCUT2D eigenvalue weighted by atomic mass is 10.1. The Bertz CT molecular complexity index is 571. The van der Waals surface area contributed by atoms with Crippen molar-refractivity contribution in [2.24, 2.45) is 12.2 Å². The molecule has 0 fully saturated rings. The number of rotatable bonds is 4. The fourth-order valence-electron chi connectivity index (χ4n) is 1.80. The average Bonchev–Trinajstić information content (AvgIpc) is 2.79. The second kappa shape index (κ2) is 5.35. The van der Waals surface area contributed by atoms with Crippen LogP contribution in [0.4, 0.5) is 0 Å². The summed E-state index contributed by atoms with van der Waals surface area (Å²) in [7, 11) is 1.76. The summed E-state index contributed by atoms with van der Waals surface area (Å²) in [6.07, 6.45) is 0. The van der Waals surface area contributed by atoms with Gasteiger partial charge in [0.1, 0.15) is 6.04 Å². The molecule has 92 valence electrons. The average molecular weight is 243 g/mol. The quantitative estimate of drug-likeness (QED) is 0.508. The van der Waals surface area contributed by atoms with Crippen LogP contribution in [0.25, 0.3) is 21.7 Å². The Morgan fingerprint density at radius 1 is 1.44 bits per heavy atom. The van der Waals surface area contributed by atoms with E-state index < -0.39 is 6.04 Å². The van der Waals surface area contributed by atoms with E-state index in [1.807, 2.05) is 36.4 Å². The zero-order valence-electron chi connectivity index (χ0n) is 9.93. The van der Waals surface area contributed by atoms with E-state index in [9.17, 15) is 5.11 Å².